The van der Waals surface area contributed by atoms with Gasteiger partial charge in [0, 0.05) is 6.04 Å². The molecule has 116 valence electrons. The molecule has 1 aromatic carbocycles. The highest BCUT2D eigenvalue weighted by atomic mass is 16.5. The minimum absolute atomic E-state index is 0.0757. The quantitative estimate of drug-likeness (QED) is 0.846. The fraction of sp³-hybridized carbons (Fsp3) is 0.588. The summed E-state index contributed by atoms with van der Waals surface area (Å²) in [6.45, 7) is 0. The Morgan fingerprint density at radius 3 is 2.67 bits per heavy atom. The zero-order valence-corrected chi connectivity index (χ0v) is 12.9. The van der Waals surface area contributed by atoms with E-state index in [9.17, 15) is 9.90 Å². The average Bonchev–Trinajstić information content (AvgIpc) is 2.45. The topological polar surface area (TPSA) is 49.8 Å². The van der Waals surface area contributed by atoms with Crippen molar-refractivity contribution in [1.82, 2.24) is 4.90 Å². The van der Waals surface area contributed by atoms with Crippen LogP contribution in [0.4, 0.5) is 0 Å². The second kappa shape index (κ2) is 7.46. The molecule has 1 saturated carbocycles. The first kappa shape index (κ1) is 15.8. The molecule has 4 nitrogen and oxygen atoms in total. The van der Waals surface area contributed by atoms with Gasteiger partial charge in [0.1, 0.15) is 11.9 Å². The lowest BCUT2D eigenvalue weighted by atomic mass is 9.97. The van der Waals surface area contributed by atoms with Crippen LogP contribution >= 0.6 is 0 Å². The first-order chi connectivity index (χ1) is 10.1. The van der Waals surface area contributed by atoms with Crippen LogP contribution < -0.4 is 0 Å². The molecule has 1 unspecified atom stereocenters. The van der Waals surface area contributed by atoms with Crippen molar-refractivity contribution in [3.63, 3.8) is 0 Å². The number of phenolic OH excluding ortho intramolecular Hbond substituents is 1. The van der Waals surface area contributed by atoms with Crippen LogP contribution in [0.3, 0.4) is 0 Å². The van der Waals surface area contributed by atoms with Gasteiger partial charge in [0.25, 0.3) is 0 Å². The van der Waals surface area contributed by atoms with Gasteiger partial charge in [-0.15, -0.1) is 0 Å². The molecule has 1 aromatic rings. The van der Waals surface area contributed by atoms with Crippen LogP contribution in [0.2, 0.25) is 0 Å². The number of ether oxygens (including phenoxy) is 1. The third kappa shape index (κ3) is 4.74. The number of rotatable bonds is 5. The normalized spacial score (nSPS) is 17.7. The summed E-state index contributed by atoms with van der Waals surface area (Å²) in [6, 6.07) is 6.99. The Morgan fingerprint density at radius 2 is 2.05 bits per heavy atom. The van der Waals surface area contributed by atoms with Crippen molar-refractivity contribution < 1.29 is 14.6 Å². The van der Waals surface area contributed by atoms with Crippen molar-refractivity contribution in [2.45, 2.75) is 50.7 Å². The molecule has 0 radical (unpaired) electrons. The summed E-state index contributed by atoms with van der Waals surface area (Å²) in [5, 5.41) is 9.60. The van der Waals surface area contributed by atoms with E-state index in [1.807, 2.05) is 25.1 Å². The maximum absolute atomic E-state index is 12.2. The Bertz CT molecular complexity index is 467. The molecule has 21 heavy (non-hydrogen) atoms. The van der Waals surface area contributed by atoms with E-state index in [1.165, 1.54) is 6.42 Å². The van der Waals surface area contributed by atoms with Gasteiger partial charge >= 0.3 is 5.97 Å². The van der Waals surface area contributed by atoms with E-state index < -0.39 is 0 Å². The molecule has 0 heterocycles. The first-order valence-electron chi connectivity index (χ1n) is 7.71. The summed E-state index contributed by atoms with van der Waals surface area (Å²) < 4.78 is 5.60. The van der Waals surface area contributed by atoms with Crippen molar-refractivity contribution in [2.75, 3.05) is 14.1 Å². The van der Waals surface area contributed by atoms with E-state index in [0.717, 1.165) is 31.2 Å². The van der Waals surface area contributed by atoms with Crippen LogP contribution in [0.25, 0.3) is 0 Å². The summed E-state index contributed by atoms with van der Waals surface area (Å²) in [4.78, 5) is 14.2. The molecule has 0 aliphatic heterocycles. The number of hydrogen-bond acceptors (Lipinski definition) is 4. The largest absolute Gasteiger partial charge is 0.508 e. The Labute approximate surface area is 126 Å². The number of nitrogens with zero attached hydrogens (tertiary/aromatic N) is 1. The van der Waals surface area contributed by atoms with Gasteiger partial charge in [-0.05, 0) is 57.5 Å². The van der Waals surface area contributed by atoms with Gasteiger partial charge in [-0.2, -0.15) is 0 Å². The van der Waals surface area contributed by atoms with Gasteiger partial charge in [0.2, 0.25) is 0 Å². The van der Waals surface area contributed by atoms with Crippen molar-refractivity contribution in [2.24, 2.45) is 0 Å². The Balaban J connectivity index is 1.97. The van der Waals surface area contributed by atoms with E-state index in [2.05, 4.69) is 0 Å². The summed E-state index contributed by atoms with van der Waals surface area (Å²) in [5.41, 5.74) is 0.931. The van der Waals surface area contributed by atoms with E-state index in [1.54, 1.807) is 18.2 Å². The number of phenols is 1. The van der Waals surface area contributed by atoms with E-state index in [0.29, 0.717) is 6.42 Å². The minimum atomic E-state index is -0.149. The predicted octanol–water partition coefficient (Wildman–Crippen LogP) is 3.26. The van der Waals surface area contributed by atoms with Gasteiger partial charge in [0.15, 0.2) is 0 Å². The zero-order valence-electron chi connectivity index (χ0n) is 12.9. The van der Waals surface area contributed by atoms with Crippen LogP contribution in [0.1, 0.15) is 50.1 Å². The number of carbonyl (C=O) groups excluding carboxylic acids is 1. The van der Waals surface area contributed by atoms with Crippen molar-refractivity contribution in [1.29, 1.82) is 0 Å². The van der Waals surface area contributed by atoms with Gasteiger partial charge in [-0.25, -0.2) is 0 Å². The van der Waals surface area contributed by atoms with Crippen LogP contribution in [0, 0.1) is 0 Å². The Morgan fingerprint density at radius 1 is 1.33 bits per heavy atom. The molecule has 1 aliphatic carbocycles. The first-order valence-corrected chi connectivity index (χ1v) is 7.71. The van der Waals surface area contributed by atoms with Gasteiger partial charge in [0.05, 0.1) is 6.42 Å². The Kier molecular flexibility index (Phi) is 5.62. The van der Waals surface area contributed by atoms with E-state index in [-0.39, 0.29) is 23.9 Å². The van der Waals surface area contributed by atoms with Gasteiger partial charge < -0.3 is 14.7 Å². The molecular weight excluding hydrogens is 266 g/mol. The van der Waals surface area contributed by atoms with Crippen molar-refractivity contribution in [3.8, 4) is 5.75 Å². The third-order valence-corrected chi connectivity index (χ3v) is 4.09. The lowest BCUT2D eigenvalue weighted by molar-refractivity contribution is -0.151. The maximum Gasteiger partial charge on any atom is 0.308 e. The standard InChI is InChI=1S/C17H25NO3/c1-18(2)16(13-7-6-8-14(19)11-13)12-17(20)21-15-9-4-3-5-10-15/h6-8,11,15-16,19H,3-5,9-10,12H2,1-2H3. The number of hydrogen-bond donors (Lipinski definition) is 1. The molecule has 0 spiro atoms. The van der Waals surface area contributed by atoms with E-state index >= 15 is 0 Å². The fourth-order valence-corrected chi connectivity index (χ4v) is 2.91. The highest BCUT2D eigenvalue weighted by molar-refractivity contribution is 5.70. The van der Waals surface area contributed by atoms with Gasteiger partial charge in [-0.1, -0.05) is 18.6 Å². The van der Waals surface area contributed by atoms with Gasteiger partial charge in [-0.3, -0.25) is 4.79 Å². The molecule has 1 fully saturated rings. The monoisotopic (exact) mass is 291 g/mol. The third-order valence-electron chi connectivity index (χ3n) is 4.09. The highest BCUT2D eigenvalue weighted by Gasteiger charge is 2.23. The van der Waals surface area contributed by atoms with Crippen LogP contribution in [0.15, 0.2) is 24.3 Å². The lowest BCUT2D eigenvalue weighted by Gasteiger charge is -2.26. The number of aromatic hydroxyl groups is 1. The molecule has 2 rings (SSSR count). The summed E-state index contributed by atoms with van der Waals surface area (Å²) in [5.74, 6) is 0.0731. The van der Waals surface area contributed by atoms with Crippen molar-refractivity contribution in [3.05, 3.63) is 29.8 Å². The average molecular weight is 291 g/mol. The number of carbonyl (C=O) groups is 1. The fourth-order valence-electron chi connectivity index (χ4n) is 2.91. The molecule has 4 heteroatoms. The summed E-state index contributed by atoms with van der Waals surface area (Å²) in [6.07, 6.45) is 5.95. The number of benzene rings is 1. The summed E-state index contributed by atoms with van der Waals surface area (Å²) in [7, 11) is 3.87. The van der Waals surface area contributed by atoms with Crippen LogP contribution in [0.5, 0.6) is 5.75 Å². The zero-order chi connectivity index (χ0) is 15.2. The molecule has 1 N–H and O–H groups in total. The van der Waals surface area contributed by atoms with Crippen molar-refractivity contribution >= 4 is 5.97 Å². The molecule has 1 aliphatic rings. The minimum Gasteiger partial charge on any atom is -0.508 e. The predicted molar refractivity (Wildman–Crippen MR) is 82.1 cm³/mol. The molecule has 0 bridgehead atoms. The highest BCUT2D eigenvalue weighted by Crippen LogP contribution is 2.27. The Hall–Kier alpha value is -1.55. The molecule has 1 atom stereocenters. The SMILES string of the molecule is CN(C)C(CC(=O)OC1CCCCC1)c1cccc(O)c1. The second-order valence-corrected chi connectivity index (χ2v) is 6.03. The molecular formula is C17H25NO3. The van der Waals surface area contributed by atoms with Crippen LogP contribution in [-0.2, 0) is 9.53 Å². The maximum atomic E-state index is 12.2. The molecule has 0 aromatic heterocycles. The molecule has 0 amide bonds. The number of esters is 1. The lowest BCUT2D eigenvalue weighted by Crippen LogP contribution is -2.27. The molecule has 0 saturated heterocycles. The smallest absolute Gasteiger partial charge is 0.308 e. The summed E-state index contributed by atoms with van der Waals surface area (Å²) >= 11 is 0. The van der Waals surface area contributed by atoms with E-state index in [4.69, 9.17) is 4.74 Å². The second-order valence-electron chi connectivity index (χ2n) is 6.03. The van der Waals surface area contributed by atoms with Crippen LogP contribution in [-0.4, -0.2) is 36.2 Å².